The Morgan fingerprint density at radius 2 is 1.74 bits per heavy atom. The highest BCUT2D eigenvalue weighted by Gasteiger charge is 2.41. The lowest BCUT2D eigenvalue weighted by Gasteiger charge is -2.29. The number of rotatable bonds is 13. The van der Waals surface area contributed by atoms with Crippen LogP contribution in [0.4, 0.5) is 11.4 Å². The number of benzene rings is 2. The van der Waals surface area contributed by atoms with E-state index in [0.717, 1.165) is 57.6 Å². The number of nitrogens with zero attached hydrogens (tertiary/aromatic N) is 2. The topological polar surface area (TPSA) is 131 Å². The monoisotopic (exact) mass is 560 g/mol. The predicted octanol–water partition coefficient (Wildman–Crippen LogP) is 4.50. The van der Waals surface area contributed by atoms with Crippen LogP contribution in [0.25, 0.3) is 0 Å². The van der Waals surface area contributed by atoms with E-state index >= 15 is 0 Å². The standard InChI is InChI=1S/C28H40N4O6S/c1-31(2)20-17-23(14-13-22-11-7-6-8-12-22)29-25-16-15-24(21-26(25)32(34)35)39(36,37)30-27(33)28(38-3)18-9-4-5-10-19-28/h6-8,11-12,15-16,21,23,29H,4-5,9-10,13-14,17-20H2,1-3H3,(H,30,33)/t23-/m0/s1. The van der Waals surface area contributed by atoms with Crippen LogP contribution >= 0.6 is 0 Å². The lowest BCUT2D eigenvalue weighted by molar-refractivity contribution is -0.384. The Hall–Kier alpha value is -3.02. The average Bonchev–Trinajstić information content (AvgIpc) is 3.17. The van der Waals surface area contributed by atoms with Gasteiger partial charge in [-0.25, -0.2) is 13.1 Å². The Kier molecular flexibility index (Phi) is 10.8. The summed E-state index contributed by atoms with van der Waals surface area (Å²) in [5.41, 5.74) is -0.187. The Morgan fingerprint density at radius 1 is 1.08 bits per heavy atom. The Bertz CT molecular complexity index is 1210. The number of anilines is 1. The molecule has 1 saturated carbocycles. The fourth-order valence-corrected chi connectivity index (χ4v) is 6.02. The maximum absolute atomic E-state index is 13.1. The van der Waals surface area contributed by atoms with Crippen molar-refractivity contribution in [3.05, 3.63) is 64.2 Å². The molecule has 0 spiro atoms. The number of aryl methyl sites for hydroxylation is 1. The van der Waals surface area contributed by atoms with Crippen LogP contribution < -0.4 is 10.0 Å². The summed E-state index contributed by atoms with van der Waals surface area (Å²) in [7, 11) is 0.985. The number of carbonyl (C=O) groups is 1. The second kappa shape index (κ2) is 13.9. The van der Waals surface area contributed by atoms with Gasteiger partial charge >= 0.3 is 0 Å². The van der Waals surface area contributed by atoms with Crippen LogP contribution in [-0.4, -0.2) is 63.5 Å². The van der Waals surface area contributed by atoms with Crippen molar-refractivity contribution in [2.45, 2.75) is 74.3 Å². The molecule has 0 radical (unpaired) electrons. The number of carbonyl (C=O) groups excluding carboxylic acids is 1. The number of amides is 1. The Morgan fingerprint density at radius 3 is 2.33 bits per heavy atom. The molecular weight excluding hydrogens is 520 g/mol. The van der Waals surface area contributed by atoms with Crippen molar-refractivity contribution in [3.8, 4) is 0 Å². The average molecular weight is 561 g/mol. The Balaban J connectivity index is 1.81. The molecule has 3 rings (SSSR count). The van der Waals surface area contributed by atoms with E-state index in [1.54, 1.807) is 0 Å². The van der Waals surface area contributed by atoms with Gasteiger partial charge in [-0.2, -0.15) is 0 Å². The van der Waals surface area contributed by atoms with Gasteiger partial charge in [0, 0.05) is 19.2 Å². The van der Waals surface area contributed by atoms with Gasteiger partial charge in [0.2, 0.25) is 0 Å². The van der Waals surface area contributed by atoms with E-state index in [0.29, 0.717) is 12.8 Å². The molecular formula is C28H40N4O6S. The van der Waals surface area contributed by atoms with Crippen LogP contribution in [0.3, 0.4) is 0 Å². The van der Waals surface area contributed by atoms with Crippen molar-refractivity contribution in [3.63, 3.8) is 0 Å². The number of nitro benzene ring substituents is 1. The minimum atomic E-state index is -4.36. The Labute approximate surface area is 231 Å². The summed E-state index contributed by atoms with van der Waals surface area (Å²) in [4.78, 5) is 26.2. The van der Waals surface area contributed by atoms with Gasteiger partial charge in [0.25, 0.3) is 21.6 Å². The number of hydrogen-bond donors (Lipinski definition) is 2. The maximum atomic E-state index is 13.1. The predicted molar refractivity (Wildman–Crippen MR) is 151 cm³/mol. The minimum absolute atomic E-state index is 0.0785. The number of nitrogens with one attached hydrogen (secondary N) is 2. The number of ether oxygens (including phenoxy) is 1. The van der Waals surface area contributed by atoms with E-state index in [1.165, 1.54) is 24.8 Å². The fraction of sp³-hybridized carbons (Fsp3) is 0.536. The minimum Gasteiger partial charge on any atom is -0.377 e. The van der Waals surface area contributed by atoms with Crippen LogP contribution in [0.1, 0.15) is 56.9 Å². The summed E-state index contributed by atoms with van der Waals surface area (Å²) in [5, 5.41) is 15.3. The van der Waals surface area contributed by atoms with Crippen molar-refractivity contribution in [1.29, 1.82) is 0 Å². The molecule has 1 aliphatic rings. The molecule has 0 aromatic heterocycles. The van der Waals surface area contributed by atoms with Crippen molar-refractivity contribution >= 4 is 27.3 Å². The zero-order valence-corrected chi connectivity index (χ0v) is 23.8. The van der Waals surface area contributed by atoms with Gasteiger partial charge in [-0.3, -0.25) is 14.9 Å². The largest absolute Gasteiger partial charge is 0.377 e. The molecule has 0 aliphatic heterocycles. The first kappa shape index (κ1) is 30.5. The highest BCUT2D eigenvalue weighted by Crippen LogP contribution is 2.32. The van der Waals surface area contributed by atoms with E-state index in [1.807, 2.05) is 49.3 Å². The smallest absolute Gasteiger partial charge is 0.293 e. The summed E-state index contributed by atoms with van der Waals surface area (Å²) in [6.45, 7) is 0.778. The van der Waals surface area contributed by atoms with E-state index < -0.39 is 26.5 Å². The highest BCUT2D eigenvalue weighted by molar-refractivity contribution is 7.90. The van der Waals surface area contributed by atoms with Crippen LogP contribution in [0, 0.1) is 10.1 Å². The van der Waals surface area contributed by atoms with Crippen molar-refractivity contribution in [2.75, 3.05) is 33.1 Å². The van der Waals surface area contributed by atoms with Gasteiger partial charge in [-0.1, -0.05) is 56.0 Å². The summed E-state index contributed by atoms with van der Waals surface area (Å²) in [5.74, 6) is -0.735. The number of sulfonamides is 1. The third-order valence-corrected chi connectivity index (χ3v) is 8.66. The molecule has 39 heavy (non-hydrogen) atoms. The van der Waals surface area contributed by atoms with E-state index in [-0.39, 0.29) is 22.3 Å². The van der Waals surface area contributed by atoms with Crippen LogP contribution in [-0.2, 0) is 26.0 Å². The van der Waals surface area contributed by atoms with Gasteiger partial charge in [-0.15, -0.1) is 0 Å². The first-order valence-electron chi connectivity index (χ1n) is 13.4. The van der Waals surface area contributed by atoms with Gasteiger partial charge in [0.05, 0.1) is 9.82 Å². The quantitative estimate of drug-likeness (QED) is 0.208. The molecule has 0 saturated heterocycles. The number of hydrogen-bond acceptors (Lipinski definition) is 8. The third kappa shape index (κ3) is 8.48. The van der Waals surface area contributed by atoms with Crippen molar-refractivity contribution in [2.24, 2.45) is 0 Å². The molecule has 2 aromatic rings. The van der Waals surface area contributed by atoms with Gasteiger partial charge in [0.15, 0.2) is 0 Å². The molecule has 1 aliphatic carbocycles. The SMILES string of the molecule is COC1(C(=O)NS(=O)(=O)c2ccc(N[C@@H](CCc3ccccc3)CCN(C)C)c([N+](=O)[O-])c2)CCCCCC1. The van der Waals surface area contributed by atoms with E-state index in [2.05, 4.69) is 10.0 Å². The molecule has 10 nitrogen and oxygen atoms in total. The molecule has 1 amide bonds. The molecule has 1 fully saturated rings. The molecule has 2 aromatic carbocycles. The van der Waals surface area contributed by atoms with Crippen LogP contribution in [0.15, 0.2) is 53.4 Å². The van der Waals surface area contributed by atoms with Gasteiger partial charge < -0.3 is 15.0 Å². The molecule has 0 bridgehead atoms. The summed E-state index contributed by atoms with van der Waals surface area (Å²) < 4.78 is 33.9. The fourth-order valence-electron chi connectivity index (χ4n) is 4.96. The normalized spacial score (nSPS) is 16.3. The lowest BCUT2D eigenvalue weighted by atomic mass is 9.93. The lowest BCUT2D eigenvalue weighted by Crippen LogP contribution is -2.49. The third-order valence-electron chi connectivity index (χ3n) is 7.33. The molecule has 2 N–H and O–H groups in total. The van der Waals surface area contributed by atoms with Crippen LogP contribution in [0.2, 0.25) is 0 Å². The van der Waals surface area contributed by atoms with E-state index in [4.69, 9.17) is 4.74 Å². The van der Waals surface area contributed by atoms with Crippen LogP contribution in [0.5, 0.6) is 0 Å². The van der Waals surface area contributed by atoms with E-state index in [9.17, 15) is 23.3 Å². The number of nitro groups is 1. The van der Waals surface area contributed by atoms with Gasteiger partial charge in [0.1, 0.15) is 11.3 Å². The molecule has 0 unspecified atom stereocenters. The zero-order valence-electron chi connectivity index (χ0n) is 23.0. The van der Waals surface area contributed by atoms with Crippen molar-refractivity contribution in [1.82, 2.24) is 9.62 Å². The second-order valence-corrected chi connectivity index (χ2v) is 12.1. The summed E-state index contributed by atoms with van der Waals surface area (Å²) in [6, 6.07) is 13.6. The van der Waals surface area contributed by atoms with Gasteiger partial charge in [-0.05, 0) is 70.4 Å². The summed E-state index contributed by atoms with van der Waals surface area (Å²) >= 11 is 0. The number of methoxy groups -OCH3 is 1. The maximum Gasteiger partial charge on any atom is 0.293 e. The first-order chi connectivity index (χ1) is 18.6. The molecule has 214 valence electrons. The first-order valence-corrected chi connectivity index (χ1v) is 14.9. The summed E-state index contributed by atoms with van der Waals surface area (Å²) in [6.07, 6.45) is 6.53. The highest BCUT2D eigenvalue weighted by atomic mass is 32.2. The van der Waals surface area contributed by atoms with Crippen molar-refractivity contribution < 1.29 is 22.9 Å². The zero-order chi connectivity index (χ0) is 28.5. The molecule has 1 atom stereocenters. The molecule has 0 heterocycles. The molecule has 11 heteroatoms. The second-order valence-electron chi connectivity index (χ2n) is 10.4.